The first-order chi connectivity index (χ1) is 7.70. The van der Waals surface area contributed by atoms with E-state index in [1.807, 2.05) is 19.2 Å². The van der Waals surface area contributed by atoms with E-state index in [1.165, 1.54) is 5.56 Å². The molecule has 0 spiro atoms. The zero-order valence-electron chi connectivity index (χ0n) is 8.82. The average molecular weight is 217 g/mol. The van der Waals surface area contributed by atoms with Gasteiger partial charge in [0.25, 0.3) is 0 Å². The third-order valence-corrected chi connectivity index (χ3v) is 3.09. The van der Waals surface area contributed by atoms with E-state index >= 15 is 0 Å². The molecule has 2 N–H and O–H groups in total. The predicted octanol–water partition coefficient (Wildman–Crippen LogP) is 2.22. The van der Waals surface area contributed by atoms with Crippen LogP contribution < -0.4 is 0 Å². The zero-order chi connectivity index (χ0) is 11.3. The van der Waals surface area contributed by atoms with Crippen LogP contribution in [0, 0.1) is 4.91 Å². The molecule has 0 aliphatic carbocycles. The topological polar surface area (TPSA) is 68.7 Å². The Morgan fingerprint density at radius 2 is 2.25 bits per heavy atom. The van der Waals surface area contributed by atoms with E-state index in [4.69, 9.17) is 0 Å². The number of nitrogens with one attached hydrogen (secondary N) is 1. The van der Waals surface area contributed by atoms with Crippen LogP contribution in [0.5, 0.6) is 5.88 Å². The summed E-state index contributed by atoms with van der Waals surface area (Å²) < 4.78 is 0. The molecule has 1 aromatic carbocycles. The molecule has 0 saturated carbocycles. The molecule has 0 saturated heterocycles. The van der Waals surface area contributed by atoms with Gasteiger partial charge in [0.2, 0.25) is 5.88 Å². The summed E-state index contributed by atoms with van der Waals surface area (Å²) in [7, 11) is 2.04. The van der Waals surface area contributed by atoms with Gasteiger partial charge >= 0.3 is 0 Å². The molecule has 2 aromatic rings. The Balaban J connectivity index is 2.35. The Bertz CT molecular complexity index is 588. The zero-order valence-corrected chi connectivity index (χ0v) is 8.82. The molecule has 0 atom stereocenters. The molecule has 0 radical (unpaired) electrons. The Kier molecular flexibility index (Phi) is 1.79. The molecule has 0 bridgehead atoms. The van der Waals surface area contributed by atoms with Crippen molar-refractivity contribution in [3.63, 3.8) is 0 Å². The number of benzene rings is 1. The number of aromatic hydroxyl groups is 1. The van der Waals surface area contributed by atoms with Crippen molar-refractivity contribution in [1.29, 1.82) is 0 Å². The number of rotatable bonds is 1. The molecule has 3 rings (SSSR count). The monoisotopic (exact) mass is 217 g/mol. The molecule has 0 fully saturated rings. The van der Waals surface area contributed by atoms with E-state index < -0.39 is 0 Å². The second-order valence-electron chi connectivity index (χ2n) is 4.21. The summed E-state index contributed by atoms with van der Waals surface area (Å²) in [5, 5.41) is 13.1. The van der Waals surface area contributed by atoms with Gasteiger partial charge in [0.1, 0.15) is 0 Å². The standard InChI is InChI=1S/C11H11N3O2/c1-14-4-6-2-3-7-9(8(6)5-14)12-11(15)10(7)13-16/h2-3,12,15H,4-5H2,1H3. The molecular formula is C11H11N3O2. The molecular weight excluding hydrogens is 206 g/mol. The van der Waals surface area contributed by atoms with Crippen LogP contribution in [-0.2, 0) is 13.1 Å². The normalized spacial score (nSPS) is 15.6. The fraction of sp³-hybridized carbons (Fsp3) is 0.273. The number of hydrogen-bond donors (Lipinski definition) is 2. The average Bonchev–Trinajstić information content (AvgIpc) is 2.76. The van der Waals surface area contributed by atoms with Gasteiger partial charge in [-0.15, -0.1) is 4.91 Å². The van der Waals surface area contributed by atoms with Crippen molar-refractivity contribution in [3.8, 4) is 5.88 Å². The van der Waals surface area contributed by atoms with Crippen molar-refractivity contribution in [2.45, 2.75) is 13.1 Å². The largest absolute Gasteiger partial charge is 0.493 e. The quantitative estimate of drug-likeness (QED) is 0.719. The predicted molar refractivity (Wildman–Crippen MR) is 60.6 cm³/mol. The number of fused-ring (bicyclic) bond motifs is 3. The van der Waals surface area contributed by atoms with Gasteiger partial charge in [-0.25, -0.2) is 0 Å². The van der Waals surface area contributed by atoms with Gasteiger partial charge in [-0.2, -0.15) is 0 Å². The number of aromatic nitrogens is 1. The van der Waals surface area contributed by atoms with Gasteiger partial charge in [0.05, 0.1) is 5.52 Å². The van der Waals surface area contributed by atoms with Gasteiger partial charge in [0, 0.05) is 18.5 Å². The summed E-state index contributed by atoms with van der Waals surface area (Å²) in [5.74, 6) is -0.145. The fourth-order valence-corrected chi connectivity index (χ4v) is 2.37. The van der Waals surface area contributed by atoms with Crippen molar-refractivity contribution < 1.29 is 5.11 Å². The first kappa shape index (κ1) is 9.35. The van der Waals surface area contributed by atoms with E-state index in [9.17, 15) is 10.0 Å². The van der Waals surface area contributed by atoms with E-state index in [0.717, 1.165) is 24.2 Å². The first-order valence-corrected chi connectivity index (χ1v) is 5.08. The summed E-state index contributed by atoms with van der Waals surface area (Å²) in [5.41, 5.74) is 3.31. The van der Waals surface area contributed by atoms with Crippen molar-refractivity contribution in [2.24, 2.45) is 5.18 Å². The highest BCUT2D eigenvalue weighted by atomic mass is 16.3. The van der Waals surface area contributed by atoms with Crippen molar-refractivity contribution in [3.05, 3.63) is 28.2 Å². The lowest BCUT2D eigenvalue weighted by Crippen LogP contribution is -2.07. The van der Waals surface area contributed by atoms with Crippen LogP contribution in [0.2, 0.25) is 0 Å². The fourth-order valence-electron chi connectivity index (χ4n) is 2.37. The smallest absolute Gasteiger partial charge is 0.219 e. The molecule has 1 aromatic heterocycles. The van der Waals surface area contributed by atoms with Crippen LogP contribution in [0.15, 0.2) is 17.3 Å². The highest BCUT2D eigenvalue weighted by Crippen LogP contribution is 2.39. The van der Waals surface area contributed by atoms with Gasteiger partial charge in [-0.3, -0.25) is 4.90 Å². The Morgan fingerprint density at radius 3 is 3.00 bits per heavy atom. The minimum atomic E-state index is -0.145. The Hall–Kier alpha value is -1.88. The summed E-state index contributed by atoms with van der Waals surface area (Å²) in [6.45, 7) is 1.72. The maximum atomic E-state index is 10.6. The van der Waals surface area contributed by atoms with Crippen LogP contribution >= 0.6 is 0 Å². The number of nitroso groups, excluding NO2 is 1. The highest BCUT2D eigenvalue weighted by Gasteiger charge is 2.22. The Labute approximate surface area is 91.7 Å². The van der Waals surface area contributed by atoms with E-state index in [1.54, 1.807) is 0 Å². The SMILES string of the molecule is CN1Cc2ccc3c(N=O)c(O)[nH]c3c2C1. The first-order valence-electron chi connectivity index (χ1n) is 5.08. The summed E-state index contributed by atoms with van der Waals surface area (Å²) in [6, 6.07) is 3.82. The molecule has 82 valence electrons. The van der Waals surface area contributed by atoms with E-state index in [-0.39, 0.29) is 11.6 Å². The molecule has 5 heteroatoms. The van der Waals surface area contributed by atoms with Crippen LogP contribution in [-0.4, -0.2) is 22.0 Å². The van der Waals surface area contributed by atoms with Gasteiger partial charge < -0.3 is 10.1 Å². The van der Waals surface area contributed by atoms with Crippen LogP contribution in [0.1, 0.15) is 11.1 Å². The van der Waals surface area contributed by atoms with Crippen LogP contribution in [0.3, 0.4) is 0 Å². The Morgan fingerprint density at radius 1 is 1.44 bits per heavy atom. The van der Waals surface area contributed by atoms with Crippen molar-refractivity contribution >= 4 is 16.6 Å². The second-order valence-corrected chi connectivity index (χ2v) is 4.21. The van der Waals surface area contributed by atoms with Crippen molar-refractivity contribution in [2.75, 3.05) is 7.05 Å². The molecule has 2 heterocycles. The minimum absolute atomic E-state index is 0.104. The summed E-state index contributed by atoms with van der Waals surface area (Å²) >= 11 is 0. The lowest BCUT2D eigenvalue weighted by atomic mass is 10.1. The maximum Gasteiger partial charge on any atom is 0.219 e. The molecule has 1 aliphatic heterocycles. The van der Waals surface area contributed by atoms with Crippen LogP contribution in [0.4, 0.5) is 5.69 Å². The third kappa shape index (κ3) is 1.09. The third-order valence-electron chi connectivity index (χ3n) is 3.09. The molecule has 0 amide bonds. The maximum absolute atomic E-state index is 10.6. The number of hydrogen-bond acceptors (Lipinski definition) is 4. The summed E-state index contributed by atoms with van der Waals surface area (Å²) in [6.07, 6.45) is 0. The van der Waals surface area contributed by atoms with Crippen LogP contribution in [0.25, 0.3) is 10.9 Å². The van der Waals surface area contributed by atoms with Gasteiger partial charge in [0.15, 0.2) is 5.69 Å². The van der Waals surface area contributed by atoms with E-state index in [2.05, 4.69) is 15.1 Å². The number of aromatic amines is 1. The number of nitrogens with zero attached hydrogens (tertiary/aromatic N) is 2. The molecule has 0 unspecified atom stereocenters. The van der Waals surface area contributed by atoms with Gasteiger partial charge in [-0.1, -0.05) is 12.1 Å². The highest BCUT2D eigenvalue weighted by molar-refractivity contribution is 5.96. The minimum Gasteiger partial charge on any atom is -0.493 e. The molecule has 1 aliphatic rings. The lowest BCUT2D eigenvalue weighted by molar-refractivity contribution is 0.353. The lowest BCUT2D eigenvalue weighted by Gasteiger charge is -2.02. The van der Waals surface area contributed by atoms with Crippen molar-refractivity contribution in [1.82, 2.24) is 9.88 Å². The van der Waals surface area contributed by atoms with Gasteiger partial charge in [-0.05, 0) is 23.4 Å². The van der Waals surface area contributed by atoms with E-state index in [0.29, 0.717) is 5.39 Å². The second kappa shape index (κ2) is 3.05. The summed E-state index contributed by atoms with van der Waals surface area (Å²) in [4.78, 5) is 15.6. The number of H-pyrrole nitrogens is 1. The molecule has 16 heavy (non-hydrogen) atoms. The molecule has 5 nitrogen and oxygen atoms in total.